The number of halogens is 1. The molecule has 1 aromatic rings. The van der Waals surface area contributed by atoms with Gasteiger partial charge in [0.25, 0.3) is 0 Å². The molecule has 2 N–H and O–H groups in total. The maximum Gasteiger partial charge on any atom is 0.241 e. The first kappa shape index (κ1) is 14.7. The number of hydrogen-bond acceptors (Lipinski definition) is 3. The van der Waals surface area contributed by atoms with Crippen molar-refractivity contribution in [3.05, 3.63) is 39.9 Å². The van der Waals surface area contributed by atoms with Gasteiger partial charge in [0.2, 0.25) is 10.0 Å². The molecular formula is C13H17BrN2O2S. The fraction of sp³-hybridized carbons (Fsp3) is 0.385. The average molecular weight is 345 g/mol. The van der Waals surface area contributed by atoms with Gasteiger partial charge in [-0.15, -0.1) is 0 Å². The third-order valence-electron chi connectivity index (χ3n) is 3.15. The van der Waals surface area contributed by atoms with E-state index in [-0.39, 0.29) is 0 Å². The van der Waals surface area contributed by atoms with Crippen LogP contribution in [0.1, 0.15) is 12.0 Å². The Morgan fingerprint density at radius 3 is 2.89 bits per heavy atom. The molecule has 0 saturated heterocycles. The van der Waals surface area contributed by atoms with Gasteiger partial charge in [-0.05, 0) is 37.6 Å². The smallest absolute Gasteiger partial charge is 0.241 e. The highest BCUT2D eigenvalue weighted by Crippen LogP contribution is 2.23. The third-order valence-corrected chi connectivity index (χ3v) is 5.56. The maximum atomic E-state index is 12.3. The molecule has 1 aliphatic heterocycles. The van der Waals surface area contributed by atoms with Gasteiger partial charge in [-0.1, -0.05) is 33.6 Å². The zero-order valence-electron chi connectivity index (χ0n) is 10.7. The first-order valence-corrected chi connectivity index (χ1v) is 8.42. The maximum absolute atomic E-state index is 12.3. The van der Waals surface area contributed by atoms with Crippen LogP contribution >= 0.6 is 15.9 Å². The van der Waals surface area contributed by atoms with E-state index in [0.717, 1.165) is 35.1 Å². The van der Waals surface area contributed by atoms with Crippen molar-refractivity contribution in [2.45, 2.75) is 18.2 Å². The number of benzene rings is 1. The summed E-state index contributed by atoms with van der Waals surface area (Å²) >= 11 is 3.35. The fourth-order valence-corrected chi connectivity index (χ4v) is 3.77. The van der Waals surface area contributed by atoms with E-state index in [2.05, 4.69) is 26.0 Å². The molecule has 0 atom stereocenters. The average Bonchev–Trinajstić information content (AvgIpc) is 2.41. The molecule has 0 spiro atoms. The third kappa shape index (κ3) is 3.66. The first-order valence-electron chi connectivity index (χ1n) is 6.14. The Labute approximate surface area is 122 Å². The molecule has 1 aliphatic rings. The molecular weight excluding hydrogens is 328 g/mol. The highest BCUT2D eigenvalue weighted by atomic mass is 79.9. The minimum absolute atomic E-state index is 0.330. The normalized spacial score (nSPS) is 16.2. The van der Waals surface area contributed by atoms with Crippen molar-refractivity contribution in [1.29, 1.82) is 0 Å². The van der Waals surface area contributed by atoms with E-state index in [1.54, 1.807) is 19.1 Å². The van der Waals surface area contributed by atoms with E-state index >= 15 is 0 Å². The lowest BCUT2D eigenvalue weighted by molar-refractivity contribution is 0.581. The summed E-state index contributed by atoms with van der Waals surface area (Å²) in [7, 11) is -3.45. The molecule has 0 aromatic heterocycles. The van der Waals surface area contributed by atoms with E-state index in [1.807, 2.05) is 12.1 Å². The zero-order chi connectivity index (χ0) is 13.9. The van der Waals surface area contributed by atoms with Crippen LogP contribution in [0.15, 0.2) is 39.2 Å². The summed E-state index contributed by atoms with van der Waals surface area (Å²) in [4.78, 5) is 0.330. The standard InChI is InChI=1S/C13H17BrN2O2S/c1-10-12(14)3-2-4-13(10)19(17,18)16-9-11-5-7-15-8-6-11/h2-5,15-16H,6-9H2,1H3. The summed E-state index contributed by atoms with van der Waals surface area (Å²) in [6, 6.07) is 5.19. The van der Waals surface area contributed by atoms with Crippen molar-refractivity contribution in [1.82, 2.24) is 10.0 Å². The SMILES string of the molecule is Cc1c(Br)cccc1S(=O)(=O)NCC1=CCNCC1. The van der Waals surface area contributed by atoms with Gasteiger partial charge < -0.3 is 5.32 Å². The summed E-state index contributed by atoms with van der Waals surface area (Å²) in [5, 5.41) is 3.20. The zero-order valence-corrected chi connectivity index (χ0v) is 13.1. The van der Waals surface area contributed by atoms with Crippen molar-refractivity contribution in [2.24, 2.45) is 0 Å². The molecule has 1 aromatic carbocycles. The van der Waals surface area contributed by atoms with Crippen molar-refractivity contribution in [3.8, 4) is 0 Å². The summed E-state index contributed by atoms with van der Waals surface area (Å²) in [5.41, 5.74) is 1.87. The predicted octanol–water partition coefficient (Wildman–Crippen LogP) is 1.96. The van der Waals surface area contributed by atoms with Crippen LogP contribution in [0.5, 0.6) is 0 Å². The topological polar surface area (TPSA) is 58.2 Å². The Balaban J connectivity index is 2.14. The van der Waals surface area contributed by atoms with Crippen LogP contribution in [0.3, 0.4) is 0 Å². The lowest BCUT2D eigenvalue weighted by Crippen LogP contribution is -2.30. The molecule has 19 heavy (non-hydrogen) atoms. The van der Waals surface area contributed by atoms with Crippen molar-refractivity contribution >= 4 is 26.0 Å². The quantitative estimate of drug-likeness (QED) is 0.821. The summed E-state index contributed by atoms with van der Waals surface area (Å²) in [6.07, 6.45) is 2.93. The highest BCUT2D eigenvalue weighted by Gasteiger charge is 2.18. The van der Waals surface area contributed by atoms with E-state index in [0.29, 0.717) is 11.4 Å². The minimum atomic E-state index is -3.45. The van der Waals surface area contributed by atoms with Crippen LogP contribution in [0.25, 0.3) is 0 Å². The highest BCUT2D eigenvalue weighted by molar-refractivity contribution is 9.10. The predicted molar refractivity (Wildman–Crippen MR) is 79.6 cm³/mol. The van der Waals surface area contributed by atoms with Gasteiger partial charge in [0.15, 0.2) is 0 Å². The van der Waals surface area contributed by atoms with Crippen LogP contribution in [0.4, 0.5) is 0 Å². The first-order chi connectivity index (χ1) is 9.00. The Morgan fingerprint density at radius 1 is 1.42 bits per heavy atom. The summed E-state index contributed by atoms with van der Waals surface area (Å²) in [6.45, 7) is 3.90. The molecule has 0 bridgehead atoms. The Morgan fingerprint density at radius 2 is 2.21 bits per heavy atom. The van der Waals surface area contributed by atoms with Crippen molar-refractivity contribution < 1.29 is 8.42 Å². The largest absolute Gasteiger partial charge is 0.313 e. The second kappa shape index (κ2) is 6.17. The molecule has 0 saturated carbocycles. The van der Waals surface area contributed by atoms with E-state index in [4.69, 9.17) is 0 Å². The summed E-state index contributed by atoms with van der Waals surface area (Å²) < 4.78 is 28.0. The Bertz CT molecular complexity index is 597. The van der Waals surface area contributed by atoms with Crippen molar-refractivity contribution in [2.75, 3.05) is 19.6 Å². The molecule has 2 rings (SSSR count). The van der Waals surface area contributed by atoms with Gasteiger partial charge in [0.1, 0.15) is 0 Å². The molecule has 1 heterocycles. The Kier molecular flexibility index (Phi) is 4.78. The summed E-state index contributed by atoms with van der Waals surface area (Å²) in [5.74, 6) is 0. The van der Waals surface area contributed by atoms with Crippen LogP contribution in [-0.4, -0.2) is 28.1 Å². The molecule has 0 aliphatic carbocycles. The molecule has 0 radical (unpaired) electrons. The monoisotopic (exact) mass is 344 g/mol. The molecule has 0 fully saturated rings. The van der Waals surface area contributed by atoms with E-state index < -0.39 is 10.0 Å². The lowest BCUT2D eigenvalue weighted by Gasteiger charge is -2.15. The minimum Gasteiger partial charge on any atom is -0.313 e. The second-order valence-electron chi connectivity index (χ2n) is 4.50. The molecule has 0 amide bonds. The van der Waals surface area contributed by atoms with Gasteiger partial charge in [-0.2, -0.15) is 0 Å². The number of nitrogens with one attached hydrogen (secondary N) is 2. The molecule has 6 heteroatoms. The van der Waals surface area contributed by atoms with Gasteiger partial charge in [-0.3, -0.25) is 0 Å². The Hall–Kier alpha value is -0.690. The van der Waals surface area contributed by atoms with Crippen LogP contribution in [0.2, 0.25) is 0 Å². The van der Waals surface area contributed by atoms with Gasteiger partial charge in [-0.25, -0.2) is 13.1 Å². The van der Waals surface area contributed by atoms with Crippen molar-refractivity contribution in [3.63, 3.8) is 0 Å². The lowest BCUT2D eigenvalue weighted by atomic mass is 10.1. The van der Waals surface area contributed by atoms with E-state index in [1.165, 1.54) is 0 Å². The van der Waals surface area contributed by atoms with Crippen LogP contribution < -0.4 is 10.0 Å². The number of hydrogen-bond donors (Lipinski definition) is 2. The number of rotatable bonds is 4. The van der Waals surface area contributed by atoms with Gasteiger partial charge in [0, 0.05) is 17.6 Å². The number of sulfonamides is 1. The molecule has 0 unspecified atom stereocenters. The van der Waals surface area contributed by atoms with Gasteiger partial charge in [0.05, 0.1) is 4.90 Å². The second-order valence-corrected chi connectivity index (χ2v) is 7.09. The van der Waals surface area contributed by atoms with Crippen LogP contribution in [-0.2, 0) is 10.0 Å². The van der Waals surface area contributed by atoms with Gasteiger partial charge >= 0.3 is 0 Å². The van der Waals surface area contributed by atoms with Crippen LogP contribution in [0, 0.1) is 6.92 Å². The molecule has 104 valence electrons. The fourth-order valence-electron chi connectivity index (χ4n) is 1.97. The van der Waals surface area contributed by atoms with E-state index in [9.17, 15) is 8.42 Å². The molecule has 4 nitrogen and oxygen atoms in total.